The van der Waals surface area contributed by atoms with Crippen molar-refractivity contribution in [2.45, 2.75) is 6.54 Å². The van der Waals surface area contributed by atoms with Crippen LogP contribution in [-0.2, 0) is 6.54 Å². The molecule has 2 aromatic heterocycles. The Balaban J connectivity index is 1.75. The molecule has 0 aliphatic heterocycles. The molecule has 0 spiro atoms. The smallest absolute Gasteiger partial charge is 0.206 e. The van der Waals surface area contributed by atoms with Gasteiger partial charge in [-0.25, -0.2) is 4.68 Å². The average molecular weight is 405 g/mol. The fourth-order valence-corrected chi connectivity index (χ4v) is 3.60. The van der Waals surface area contributed by atoms with Gasteiger partial charge in [-0.15, -0.1) is 11.3 Å². The number of hydrogen-bond acceptors (Lipinski definition) is 6. The largest absolute Gasteiger partial charge is 0.504 e. The normalized spacial score (nSPS) is 12.0. The number of phenolic OH excluding ortho intramolecular Hbond substituents is 1. The molecule has 2 heterocycles. The predicted molar refractivity (Wildman–Crippen MR) is 113 cm³/mol. The Hall–Kier alpha value is -3.58. The molecule has 0 aliphatic carbocycles. The minimum absolute atomic E-state index is 0.0388. The standard InChI is InChI=1S/C22H19N3O3S/c1-27-20-10-5-9-17(21(20)26)14-24-25-18(19-11-6-12-28-19)15-29-22(25)23-13-16-7-3-2-4-8-16/h2-12,14-15,26H,13H2,1H3. The third kappa shape index (κ3) is 4.14. The van der Waals surface area contributed by atoms with Crippen LogP contribution >= 0.6 is 11.3 Å². The van der Waals surface area contributed by atoms with Gasteiger partial charge in [0.25, 0.3) is 0 Å². The van der Waals surface area contributed by atoms with Crippen LogP contribution in [0.1, 0.15) is 11.1 Å². The average Bonchev–Trinajstić information content (AvgIpc) is 3.42. The van der Waals surface area contributed by atoms with Crippen LogP contribution in [0.25, 0.3) is 11.5 Å². The maximum absolute atomic E-state index is 10.3. The number of ether oxygens (including phenoxy) is 1. The number of nitrogens with zero attached hydrogens (tertiary/aromatic N) is 3. The van der Waals surface area contributed by atoms with E-state index in [0.29, 0.717) is 23.6 Å². The number of para-hydroxylation sites is 1. The molecule has 0 saturated heterocycles. The summed E-state index contributed by atoms with van der Waals surface area (Å²) in [7, 11) is 1.51. The lowest BCUT2D eigenvalue weighted by Crippen LogP contribution is -2.12. The van der Waals surface area contributed by atoms with Crippen molar-refractivity contribution in [3.8, 4) is 23.0 Å². The van der Waals surface area contributed by atoms with E-state index in [0.717, 1.165) is 16.1 Å². The summed E-state index contributed by atoms with van der Waals surface area (Å²) < 4.78 is 12.4. The number of aromatic nitrogens is 1. The van der Waals surface area contributed by atoms with Gasteiger partial charge in [-0.1, -0.05) is 36.4 Å². The zero-order valence-corrected chi connectivity index (χ0v) is 16.5. The van der Waals surface area contributed by atoms with Crippen LogP contribution in [-0.4, -0.2) is 23.1 Å². The molecule has 0 unspecified atom stereocenters. The van der Waals surface area contributed by atoms with Gasteiger partial charge in [0.1, 0.15) is 5.69 Å². The number of aromatic hydroxyl groups is 1. The number of phenols is 1. The van der Waals surface area contributed by atoms with Crippen molar-refractivity contribution in [1.29, 1.82) is 0 Å². The molecular formula is C22H19N3O3S. The summed E-state index contributed by atoms with van der Waals surface area (Å²) in [5, 5.41) is 16.9. The minimum Gasteiger partial charge on any atom is -0.504 e. The van der Waals surface area contributed by atoms with Crippen LogP contribution in [0, 0.1) is 0 Å². The first-order valence-electron chi connectivity index (χ1n) is 8.95. The Bertz CT molecular complexity index is 1180. The third-order valence-corrected chi connectivity index (χ3v) is 5.12. The van der Waals surface area contributed by atoms with E-state index in [4.69, 9.17) is 14.1 Å². The number of methoxy groups -OCH3 is 1. The number of rotatable bonds is 6. The highest BCUT2D eigenvalue weighted by atomic mass is 32.1. The topological polar surface area (TPSA) is 72.2 Å². The van der Waals surface area contributed by atoms with E-state index in [-0.39, 0.29) is 5.75 Å². The first-order chi connectivity index (χ1) is 14.3. The van der Waals surface area contributed by atoms with Gasteiger partial charge in [0.2, 0.25) is 4.80 Å². The fraction of sp³-hybridized carbons (Fsp3) is 0.0909. The van der Waals surface area contributed by atoms with Crippen molar-refractivity contribution < 1.29 is 14.3 Å². The van der Waals surface area contributed by atoms with Gasteiger partial charge in [-0.3, -0.25) is 4.99 Å². The first kappa shape index (κ1) is 18.8. The molecule has 0 fully saturated rings. The van der Waals surface area contributed by atoms with Gasteiger partial charge in [0.15, 0.2) is 17.3 Å². The quantitative estimate of drug-likeness (QED) is 0.480. The molecule has 146 valence electrons. The summed E-state index contributed by atoms with van der Waals surface area (Å²) in [5.74, 6) is 1.12. The van der Waals surface area contributed by atoms with E-state index in [1.165, 1.54) is 18.4 Å². The van der Waals surface area contributed by atoms with E-state index in [1.807, 2.05) is 47.8 Å². The second-order valence-electron chi connectivity index (χ2n) is 6.14. The van der Waals surface area contributed by atoms with E-state index in [1.54, 1.807) is 35.4 Å². The second-order valence-corrected chi connectivity index (χ2v) is 6.97. The van der Waals surface area contributed by atoms with E-state index in [9.17, 15) is 5.11 Å². The lowest BCUT2D eigenvalue weighted by Gasteiger charge is -2.05. The Morgan fingerprint density at radius 2 is 1.97 bits per heavy atom. The van der Waals surface area contributed by atoms with Crippen molar-refractivity contribution in [2.75, 3.05) is 7.11 Å². The highest BCUT2D eigenvalue weighted by Crippen LogP contribution is 2.28. The zero-order valence-electron chi connectivity index (χ0n) is 15.7. The molecule has 0 atom stereocenters. The maximum atomic E-state index is 10.3. The third-order valence-electron chi connectivity index (χ3n) is 4.26. The maximum Gasteiger partial charge on any atom is 0.206 e. The molecule has 0 radical (unpaired) electrons. The molecule has 29 heavy (non-hydrogen) atoms. The Kier molecular flexibility index (Phi) is 5.58. The van der Waals surface area contributed by atoms with Gasteiger partial charge in [0, 0.05) is 10.9 Å². The van der Waals surface area contributed by atoms with E-state index < -0.39 is 0 Å². The molecular weight excluding hydrogens is 386 g/mol. The summed E-state index contributed by atoms with van der Waals surface area (Å²) in [6, 6.07) is 19.0. The van der Waals surface area contributed by atoms with Crippen molar-refractivity contribution in [1.82, 2.24) is 4.68 Å². The molecule has 2 aromatic carbocycles. The molecule has 4 rings (SSSR count). The van der Waals surface area contributed by atoms with Crippen LogP contribution in [0.5, 0.6) is 11.5 Å². The van der Waals surface area contributed by atoms with Crippen LogP contribution in [0.15, 0.2) is 86.8 Å². The summed E-state index contributed by atoms with van der Waals surface area (Å²) in [4.78, 5) is 5.44. The molecule has 4 aromatic rings. The van der Waals surface area contributed by atoms with Gasteiger partial charge in [0.05, 0.1) is 26.1 Å². The van der Waals surface area contributed by atoms with Crippen molar-refractivity contribution in [3.05, 3.63) is 88.2 Å². The van der Waals surface area contributed by atoms with Crippen LogP contribution in [0.4, 0.5) is 0 Å². The number of benzene rings is 2. The Morgan fingerprint density at radius 3 is 2.72 bits per heavy atom. The van der Waals surface area contributed by atoms with Crippen LogP contribution in [0.3, 0.4) is 0 Å². The Labute approximate surface area is 171 Å². The van der Waals surface area contributed by atoms with Crippen LogP contribution in [0.2, 0.25) is 0 Å². The SMILES string of the molecule is COc1cccc(C=Nn2c(-c3ccco3)csc2=NCc2ccccc2)c1O. The van der Waals surface area contributed by atoms with Gasteiger partial charge in [-0.05, 0) is 29.8 Å². The predicted octanol–water partition coefficient (Wildman–Crippen LogP) is 4.51. The van der Waals surface area contributed by atoms with Crippen LogP contribution < -0.4 is 9.54 Å². The summed E-state index contributed by atoms with van der Waals surface area (Å²) in [6.45, 7) is 0.541. The molecule has 7 heteroatoms. The van der Waals surface area contributed by atoms with Gasteiger partial charge < -0.3 is 14.3 Å². The highest BCUT2D eigenvalue weighted by Gasteiger charge is 2.11. The summed E-state index contributed by atoms with van der Waals surface area (Å²) in [5.41, 5.74) is 2.44. The zero-order chi connectivity index (χ0) is 20.1. The van der Waals surface area contributed by atoms with Gasteiger partial charge in [-0.2, -0.15) is 5.10 Å². The first-order valence-corrected chi connectivity index (χ1v) is 9.83. The molecule has 0 amide bonds. The lowest BCUT2D eigenvalue weighted by molar-refractivity contribution is 0.373. The monoisotopic (exact) mass is 405 g/mol. The van der Waals surface area contributed by atoms with Crippen molar-refractivity contribution in [2.24, 2.45) is 10.1 Å². The second kappa shape index (κ2) is 8.62. The van der Waals surface area contributed by atoms with Gasteiger partial charge >= 0.3 is 0 Å². The molecule has 1 N–H and O–H groups in total. The van der Waals surface area contributed by atoms with E-state index >= 15 is 0 Å². The Morgan fingerprint density at radius 1 is 1.10 bits per heavy atom. The fourth-order valence-electron chi connectivity index (χ4n) is 2.78. The number of furan rings is 1. The highest BCUT2D eigenvalue weighted by molar-refractivity contribution is 7.07. The number of hydrogen-bond donors (Lipinski definition) is 1. The molecule has 0 saturated carbocycles. The molecule has 0 aliphatic rings. The van der Waals surface area contributed by atoms with Crippen molar-refractivity contribution in [3.63, 3.8) is 0 Å². The summed E-state index contributed by atoms with van der Waals surface area (Å²) in [6.07, 6.45) is 3.20. The lowest BCUT2D eigenvalue weighted by atomic mass is 10.2. The molecule has 6 nitrogen and oxygen atoms in total. The van der Waals surface area contributed by atoms with E-state index in [2.05, 4.69) is 5.10 Å². The summed E-state index contributed by atoms with van der Waals surface area (Å²) >= 11 is 1.48. The molecule has 0 bridgehead atoms. The van der Waals surface area contributed by atoms with Crippen molar-refractivity contribution >= 4 is 17.6 Å². The number of thiazole rings is 1. The minimum atomic E-state index is 0.0388.